The summed E-state index contributed by atoms with van der Waals surface area (Å²) in [5, 5.41) is 13.4. The molecule has 2 N–H and O–H groups in total. The molecule has 36 heavy (non-hydrogen) atoms. The topological polar surface area (TPSA) is 90.7 Å². The Hall–Kier alpha value is -2.49. The second-order valence-electron chi connectivity index (χ2n) is 11.0. The second kappa shape index (κ2) is 10.5. The second-order valence-corrected chi connectivity index (χ2v) is 11.4. The van der Waals surface area contributed by atoms with Crippen LogP contribution in [0.4, 0.5) is 4.39 Å². The van der Waals surface area contributed by atoms with Crippen LogP contribution in [-0.4, -0.2) is 75.1 Å². The molecule has 2 aliphatic heterocycles. The molecule has 0 radical (unpaired) electrons. The Morgan fingerprint density at radius 3 is 2.67 bits per heavy atom. The van der Waals surface area contributed by atoms with Gasteiger partial charge in [0.05, 0.1) is 17.4 Å². The lowest BCUT2D eigenvalue weighted by molar-refractivity contribution is -0.138. The van der Waals surface area contributed by atoms with Gasteiger partial charge in [0.2, 0.25) is 5.91 Å². The summed E-state index contributed by atoms with van der Waals surface area (Å²) in [7, 11) is 1.97. The van der Waals surface area contributed by atoms with Crippen molar-refractivity contribution in [3.63, 3.8) is 0 Å². The molecule has 1 saturated heterocycles. The van der Waals surface area contributed by atoms with Gasteiger partial charge in [-0.15, -0.1) is 0 Å². The number of fused-ring (bicyclic) bond motifs is 1. The molecule has 2 atom stereocenters. The van der Waals surface area contributed by atoms with E-state index in [2.05, 4.69) is 15.2 Å². The number of aliphatic hydroxyl groups excluding tert-OH is 1. The molecule has 0 aliphatic carbocycles. The Morgan fingerprint density at radius 2 is 1.97 bits per heavy atom. The summed E-state index contributed by atoms with van der Waals surface area (Å²) >= 11 is 6.16. The molecule has 0 spiro atoms. The van der Waals surface area contributed by atoms with Gasteiger partial charge in [-0.1, -0.05) is 32.4 Å². The van der Waals surface area contributed by atoms with Crippen LogP contribution in [-0.2, 0) is 17.9 Å². The number of aromatic nitrogens is 2. The van der Waals surface area contributed by atoms with Gasteiger partial charge in [0, 0.05) is 31.2 Å². The fourth-order valence-corrected chi connectivity index (χ4v) is 5.14. The molecule has 1 aromatic carbocycles. The highest BCUT2D eigenvalue weighted by atomic mass is 35.5. The largest absolute Gasteiger partial charge is 0.391 e. The first-order valence-corrected chi connectivity index (χ1v) is 12.8. The third-order valence-corrected chi connectivity index (χ3v) is 7.13. The molecule has 0 bridgehead atoms. The molecule has 10 heteroatoms. The molecule has 3 heterocycles. The lowest BCUT2D eigenvalue weighted by Gasteiger charge is -2.37. The van der Waals surface area contributed by atoms with E-state index >= 15 is 0 Å². The van der Waals surface area contributed by atoms with Crippen LogP contribution in [0.25, 0.3) is 11.4 Å². The fourth-order valence-electron chi connectivity index (χ4n) is 4.96. The van der Waals surface area contributed by atoms with Gasteiger partial charge in [-0.25, -0.2) is 9.37 Å². The van der Waals surface area contributed by atoms with Gasteiger partial charge in [0.15, 0.2) is 5.69 Å². The summed E-state index contributed by atoms with van der Waals surface area (Å²) < 4.78 is 16.7. The van der Waals surface area contributed by atoms with Crippen LogP contribution in [0.3, 0.4) is 0 Å². The molecule has 4 rings (SSSR count). The van der Waals surface area contributed by atoms with Crippen molar-refractivity contribution < 1.29 is 19.1 Å². The number of hydrogen-bond donors (Lipinski definition) is 2. The van der Waals surface area contributed by atoms with Crippen molar-refractivity contribution in [1.82, 2.24) is 24.7 Å². The number of amides is 2. The summed E-state index contributed by atoms with van der Waals surface area (Å²) in [4.78, 5) is 35.5. The maximum atomic E-state index is 14.8. The predicted octanol–water partition coefficient (Wildman–Crippen LogP) is 3.31. The number of carbonyl (C=O) groups excluding carboxylic acids is 2. The molecular weight excluding hydrogens is 485 g/mol. The van der Waals surface area contributed by atoms with Crippen molar-refractivity contribution in [2.45, 2.75) is 65.3 Å². The number of halogens is 2. The molecule has 2 aliphatic rings. The minimum absolute atomic E-state index is 0.179. The summed E-state index contributed by atoms with van der Waals surface area (Å²) in [6.45, 7) is 8.34. The Labute approximate surface area is 216 Å². The summed E-state index contributed by atoms with van der Waals surface area (Å²) in [6, 6.07) is 3.47. The number of β-amino-alcohol motifs (C(OH)–C–C–N with tert-alkyl or cyclic N) is 1. The number of aliphatic hydroxyl groups is 1. The quantitative estimate of drug-likeness (QED) is 0.647. The molecule has 196 valence electrons. The number of imidazole rings is 1. The van der Waals surface area contributed by atoms with Crippen LogP contribution in [0.5, 0.6) is 0 Å². The number of nitrogens with one attached hydrogen (secondary N) is 1. The number of rotatable bonds is 4. The molecule has 2 aromatic rings. The van der Waals surface area contributed by atoms with E-state index in [0.717, 1.165) is 13.0 Å². The van der Waals surface area contributed by atoms with Crippen LogP contribution in [0.1, 0.15) is 56.2 Å². The van der Waals surface area contributed by atoms with E-state index < -0.39 is 29.3 Å². The fraction of sp³-hybridized carbons (Fsp3) is 0.577. The van der Waals surface area contributed by atoms with Crippen LogP contribution in [0, 0.1) is 11.2 Å². The van der Waals surface area contributed by atoms with E-state index in [1.807, 2.05) is 32.4 Å². The zero-order chi connectivity index (χ0) is 26.2. The smallest absolute Gasteiger partial charge is 0.272 e. The van der Waals surface area contributed by atoms with Crippen molar-refractivity contribution in [3.8, 4) is 11.4 Å². The van der Waals surface area contributed by atoms with Gasteiger partial charge >= 0.3 is 0 Å². The van der Waals surface area contributed by atoms with E-state index in [1.165, 1.54) is 18.2 Å². The van der Waals surface area contributed by atoms with E-state index in [4.69, 9.17) is 11.6 Å². The summed E-state index contributed by atoms with van der Waals surface area (Å²) in [5.74, 6) is -0.821. The first-order chi connectivity index (χ1) is 17.0. The molecule has 2 amide bonds. The van der Waals surface area contributed by atoms with E-state index in [-0.39, 0.29) is 23.7 Å². The molecule has 1 fully saturated rings. The Balaban J connectivity index is 1.71. The Kier molecular flexibility index (Phi) is 7.73. The lowest BCUT2D eigenvalue weighted by Crippen LogP contribution is -2.57. The maximum Gasteiger partial charge on any atom is 0.272 e. The molecule has 0 saturated carbocycles. The molecule has 8 nitrogen and oxygen atoms in total. The van der Waals surface area contributed by atoms with Crippen LogP contribution >= 0.6 is 11.6 Å². The first-order valence-electron chi connectivity index (χ1n) is 12.5. The molecule has 0 unspecified atom stereocenters. The van der Waals surface area contributed by atoms with E-state index in [9.17, 15) is 19.1 Å². The minimum atomic E-state index is -0.817. The van der Waals surface area contributed by atoms with Crippen molar-refractivity contribution in [2.24, 2.45) is 5.41 Å². The van der Waals surface area contributed by atoms with Gasteiger partial charge in [-0.3, -0.25) is 9.59 Å². The van der Waals surface area contributed by atoms with Crippen LogP contribution in [0.2, 0.25) is 5.02 Å². The first kappa shape index (κ1) is 26.6. The van der Waals surface area contributed by atoms with Crippen LogP contribution < -0.4 is 5.32 Å². The number of nitrogens with zero attached hydrogens (tertiary/aromatic N) is 4. The number of hydrogen-bond acceptors (Lipinski definition) is 5. The maximum absolute atomic E-state index is 14.8. The summed E-state index contributed by atoms with van der Waals surface area (Å²) in [5.41, 5.74) is 0.511. The zero-order valence-electron chi connectivity index (χ0n) is 21.4. The normalized spacial score (nSPS) is 20.0. The van der Waals surface area contributed by atoms with Crippen molar-refractivity contribution in [1.29, 1.82) is 0 Å². The van der Waals surface area contributed by atoms with Gasteiger partial charge in [0.25, 0.3) is 5.91 Å². The minimum Gasteiger partial charge on any atom is -0.391 e. The third-order valence-electron chi connectivity index (χ3n) is 6.89. The van der Waals surface area contributed by atoms with Crippen molar-refractivity contribution >= 4 is 23.4 Å². The average Bonchev–Trinajstić information content (AvgIpc) is 3.03. The third kappa shape index (κ3) is 5.58. The van der Waals surface area contributed by atoms with Gasteiger partial charge < -0.3 is 24.8 Å². The van der Waals surface area contributed by atoms with Gasteiger partial charge in [-0.2, -0.15) is 0 Å². The van der Waals surface area contributed by atoms with E-state index in [0.29, 0.717) is 49.0 Å². The highest BCUT2D eigenvalue weighted by Gasteiger charge is 2.38. The van der Waals surface area contributed by atoms with Crippen molar-refractivity contribution in [2.75, 3.05) is 26.7 Å². The number of carbonyl (C=O) groups is 2. The average molecular weight is 520 g/mol. The number of benzene rings is 1. The van der Waals surface area contributed by atoms with E-state index in [1.54, 1.807) is 4.90 Å². The number of likely N-dealkylation sites (tertiary alicyclic amines) is 1. The molecular formula is C26H35ClFN5O3. The van der Waals surface area contributed by atoms with Crippen molar-refractivity contribution in [3.05, 3.63) is 40.4 Å². The highest BCUT2D eigenvalue weighted by Crippen LogP contribution is 2.30. The van der Waals surface area contributed by atoms with Gasteiger partial charge in [0.1, 0.15) is 17.7 Å². The monoisotopic (exact) mass is 519 g/mol. The zero-order valence-corrected chi connectivity index (χ0v) is 22.1. The Bertz CT molecular complexity index is 1150. The Morgan fingerprint density at radius 1 is 1.22 bits per heavy atom. The standard InChI is InChI=1S/C26H35ClFN5O3/c1-26(2,3)22(25(36)32-11-5-7-17(34)14-32)30-24(35)21-20-15-31(4)10-6-12-33(20)23(29-21)18-13-16(27)8-9-19(18)28/h8-9,13,17,22,34H,5-7,10-12,14-15H2,1-4H3,(H,30,35)/t17-,22+/m0/s1. The summed E-state index contributed by atoms with van der Waals surface area (Å²) in [6.07, 6.45) is 1.63. The lowest BCUT2D eigenvalue weighted by atomic mass is 9.85. The highest BCUT2D eigenvalue weighted by molar-refractivity contribution is 6.30. The molecule has 1 aromatic heterocycles. The predicted molar refractivity (Wildman–Crippen MR) is 136 cm³/mol. The SMILES string of the molecule is CN1CCCn2c(-c3cc(Cl)ccc3F)nc(C(=O)N[C@H](C(=O)N3CCC[C@H](O)C3)C(C)(C)C)c2C1. The van der Waals surface area contributed by atoms with Crippen LogP contribution in [0.15, 0.2) is 18.2 Å². The number of piperidine rings is 1. The van der Waals surface area contributed by atoms with Gasteiger partial charge in [-0.05, 0) is 56.5 Å².